The van der Waals surface area contributed by atoms with E-state index < -0.39 is 0 Å². The SMILES string of the molecule is COC(=O)c1c(NC(=S)NNC(=O)c2csc(C)c2C)sc2c1CC[C@H](C)C2. The Morgan fingerprint density at radius 3 is 2.68 bits per heavy atom. The average molecular weight is 438 g/mol. The molecule has 3 N–H and O–H groups in total. The highest BCUT2D eigenvalue weighted by Crippen LogP contribution is 2.40. The molecule has 9 heteroatoms. The third kappa shape index (κ3) is 4.21. The van der Waals surface area contributed by atoms with E-state index in [0.29, 0.717) is 22.0 Å². The number of anilines is 1. The number of hydrogen-bond acceptors (Lipinski definition) is 6. The fourth-order valence-electron chi connectivity index (χ4n) is 3.21. The number of hydrogen-bond donors (Lipinski definition) is 3. The van der Waals surface area contributed by atoms with Crippen molar-refractivity contribution in [2.24, 2.45) is 5.92 Å². The van der Waals surface area contributed by atoms with Crippen LogP contribution in [0.1, 0.15) is 54.9 Å². The lowest BCUT2D eigenvalue weighted by Gasteiger charge is -2.18. The molecule has 1 atom stereocenters. The molecule has 0 bridgehead atoms. The molecule has 2 heterocycles. The van der Waals surface area contributed by atoms with Crippen LogP contribution in [-0.2, 0) is 17.6 Å². The number of methoxy groups -OCH3 is 1. The molecule has 3 rings (SSSR count). The van der Waals surface area contributed by atoms with Gasteiger partial charge in [0.25, 0.3) is 5.91 Å². The zero-order valence-corrected chi connectivity index (χ0v) is 18.7. The first kappa shape index (κ1) is 20.8. The highest BCUT2D eigenvalue weighted by molar-refractivity contribution is 7.80. The van der Waals surface area contributed by atoms with Gasteiger partial charge < -0.3 is 10.1 Å². The summed E-state index contributed by atoms with van der Waals surface area (Å²) < 4.78 is 4.98. The second kappa shape index (κ2) is 8.59. The molecular weight excluding hydrogens is 414 g/mol. The fraction of sp³-hybridized carbons (Fsp3) is 0.421. The van der Waals surface area contributed by atoms with Crippen LogP contribution in [0.15, 0.2) is 5.38 Å². The molecule has 1 aliphatic rings. The van der Waals surface area contributed by atoms with E-state index in [4.69, 9.17) is 17.0 Å². The van der Waals surface area contributed by atoms with Gasteiger partial charge >= 0.3 is 5.97 Å². The van der Waals surface area contributed by atoms with Gasteiger partial charge in [-0.1, -0.05) is 6.92 Å². The van der Waals surface area contributed by atoms with Gasteiger partial charge in [-0.3, -0.25) is 15.6 Å². The standard InChI is InChI=1S/C19H23N3O3S3/c1-9-5-6-12-14(7-9)28-17(15(12)18(24)25-4)20-19(26)22-21-16(23)13-8-27-11(3)10(13)2/h8-9H,5-7H2,1-4H3,(H,21,23)(H2,20,22,26)/t9-/m0/s1. The second-order valence-corrected chi connectivity index (χ2v) is 9.51. The molecule has 28 heavy (non-hydrogen) atoms. The lowest BCUT2D eigenvalue weighted by Crippen LogP contribution is -2.43. The van der Waals surface area contributed by atoms with Crippen molar-refractivity contribution in [1.82, 2.24) is 10.9 Å². The van der Waals surface area contributed by atoms with Crippen molar-refractivity contribution in [3.63, 3.8) is 0 Å². The molecule has 0 aromatic carbocycles. The summed E-state index contributed by atoms with van der Waals surface area (Å²) in [5.41, 5.74) is 8.50. The maximum Gasteiger partial charge on any atom is 0.341 e. The summed E-state index contributed by atoms with van der Waals surface area (Å²) in [5, 5.41) is 5.74. The molecule has 150 valence electrons. The van der Waals surface area contributed by atoms with Crippen LogP contribution in [0.3, 0.4) is 0 Å². The maximum absolute atomic E-state index is 12.3. The number of rotatable bonds is 3. The van der Waals surface area contributed by atoms with Gasteiger partial charge in [-0.15, -0.1) is 22.7 Å². The molecule has 2 aromatic heterocycles. The summed E-state index contributed by atoms with van der Waals surface area (Å²) in [5.74, 6) is -0.0320. The Balaban J connectivity index is 1.71. The quantitative estimate of drug-likeness (QED) is 0.383. The smallest absolute Gasteiger partial charge is 0.341 e. The molecule has 0 saturated heterocycles. The summed E-state index contributed by atoms with van der Waals surface area (Å²) in [7, 11) is 1.38. The third-order valence-corrected chi connectivity index (χ3v) is 7.34. The molecule has 0 aliphatic heterocycles. The number of fused-ring (bicyclic) bond motifs is 1. The van der Waals surface area contributed by atoms with Crippen molar-refractivity contribution < 1.29 is 14.3 Å². The van der Waals surface area contributed by atoms with Gasteiger partial charge in [0.15, 0.2) is 5.11 Å². The van der Waals surface area contributed by atoms with E-state index in [0.717, 1.165) is 35.3 Å². The van der Waals surface area contributed by atoms with Gasteiger partial charge in [0.1, 0.15) is 5.00 Å². The number of amides is 1. The number of ether oxygens (including phenoxy) is 1. The van der Waals surface area contributed by atoms with Gasteiger partial charge in [0.2, 0.25) is 0 Å². The van der Waals surface area contributed by atoms with Crippen LogP contribution < -0.4 is 16.2 Å². The molecule has 1 aliphatic carbocycles. The van der Waals surface area contributed by atoms with Crippen LogP contribution >= 0.6 is 34.9 Å². The molecule has 0 radical (unpaired) electrons. The Kier molecular flexibility index (Phi) is 6.36. The van der Waals surface area contributed by atoms with Gasteiger partial charge in [-0.2, -0.15) is 0 Å². The molecule has 6 nitrogen and oxygen atoms in total. The number of thiocarbonyl (C=S) groups is 1. The summed E-state index contributed by atoms with van der Waals surface area (Å²) in [4.78, 5) is 27.0. The summed E-state index contributed by atoms with van der Waals surface area (Å²) in [6.45, 7) is 6.10. The van der Waals surface area contributed by atoms with E-state index in [1.165, 1.54) is 34.7 Å². The minimum Gasteiger partial charge on any atom is -0.465 e. The van der Waals surface area contributed by atoms with Crippen molar-refractivity contribution in [3.05, 3.63) is 37.4 Å². The van der Waals surface area contributed by atoms with Crippen LogP contribution in [0.5, 0.6) is 0 Å². The number of carbonyl (C=O) groups is 2. The minimum absolute atomic E-state index is 0.217. The first-order valence-corrected chi connectivity index (χ1v) is 11.1. The minimum atomic E-state index is -0.370. The van der Waals surface area contributed by atoms with Crippen molar-refractivity contribution >= 4 is 56.9 Å². The number of aryl methyl sites for hydroxylation is 1. The summed E-state index contributed by atoms with van der Waals surface area (Å²) >= 11 is 8.37. The Hall–Kier alpha value is -1.97. The summed E-state index contributed by atoms with van der Waals surface area (Å²) in [6.07, 6.45) is 2.84. The zero-order valence-electron chi connectivity index (χ0n) is 16.2. The highest BCUT2D eigenvalue weighted by Gasteiger charge is 2.28. The summed E-state index contributed by atoms with van der Waals surface area (Å²) in [6, 6.07) is 0. The number of esters is 1. The lowest BCUT2D eigenvalue weighted by atomic mass is 9.88. The Labute approximate surface area is 177 Å². The molecule has 1 amide bonds. The Morgan fingerprint density at radius 2 is 2.04 bits per heavy atom. The van der Waals surface area contributed by atoms with Gasteiger partial charge in [0.05, 0.1) is 18.2 Å². The first-order valence-electron chi connectivity index (χ1n) is 8.96. The number of hydrazine groups is 1. The van der Waals surface area contributed by atoms with E-state index in [1.807, 2.05) is 19.2 Å². The van der Waals surface area contributed by atoms with Crippen molar-refractivity contribution in [1.29, 1.82) is 0 Å². The van der Waals surface area contributed by atoms with Gasteiger partial charge in [-0.05, 0) is 62.4 Å². The van der Waals surface area contributed by atoms with E-state index in [9.17, 15) is 9.59 Å². The molecule has 0 fully saturated rings. The van der Waals surface area contributed by atoms with Crippen LogP contribution in [0.25, 0.3) is 0 Å². The van der Waals surface area contributed by atoms with Gasteiger partial charge in [-0.25, -0.2) is 4.79 Å². The van der Waals surface area contributed by atoms with Crippen molar-refractivity contribution in [3.8, 4) is 0 Å². The zero-order chi connectivity index (χ0) is 20.4. The monoisotopic (exact) mass is 437 g/mol. The lowest BCUT2D eigenvalue weighted by molar-refractivity contribution is 0.0600. The normalized spacial score (nSPS) is 15.5. The Bertz CT molecular complexity index is 932. The molecule has 2 aromatic rings. The fourth-order valence-corrected chi connectivity index (χ4v) is 5.70. The molecule has 0 saturated carbocycles. The van der Waals surface area contributed by atoms with Gasteiger partial charge in [0, 0.05) is 15.1 Å². The largest absolute Gasteiger partial charge is 0.465 e. The van der Waals surface area contributed by atoms with Crippen molar-refractivity contribution in [2.45, 2.75) is 40.0 Å². The topological polar surface area (TPSA) is 79.5 Å². The van der Waals surface area contributed by atoms with Crippen LogP contribution in [0.4, 0.5) is 5.00 Å². The van der Waals surface area contributed by atoms with E-state index in [1.54, 1.807) is 0 Å². The van der Waals surface area contributed by atoms with Crippen LogP contribution in [-0.4, -0.2) is 24.1 Å². The average Bonchev–Trinajstić information content (AvgIpc) is 3.18. The van der Waals surface area contributed by atoms with Crippen LogP contribution in [0, 0.1) is 19.8 Å². The molecule has 0 spiro atoms. The maximum atomic E-state index is 12.3. The molecule has 0 unspecified atom stereocenters. The van der Waals surface area contributed by atoms with Crippen LogP contribution in [0.2, 0.25) is 0 Å². The number of thiophene rings is 2. The van der Waals surface area contributed by atoms with Crippen molar-refractivity contribution in [2.75, 3.05) is 12.4 Å². The predicted molar refractivity (Wildman–Crippen MR) is 117 cm³/mol. The number of nitrogens with one attached hydrogen (secondary N) is 3. The first-order chi connectivity index (χ1) is 13.3. The Morgan fingerprint density at radius 1 is 1.29 bits per heavy atom. The second-order valence-electron chi connectivity index (χ2n) is 6.91. The highest BCUT2D eigenvalue weighted by atomic mass is 32.1. The number of carbonyl (C=O) groups excluding carboxylic acids is 2. The third-order valence-electron chi connectivity index (χ3n) is 4.95. The predicted octanol–water partition coefficient (Wildman–Crippen LogP) is 3.97. The van der Waals surface area contributed by atoms with E-state index in [2.05, 4.69) is 23.1 Å². The molecular formula is C19H23N3O3S3. The van der Waals surface area contributed by atoms with E-state index >= 15 is 0 Å². The van der Waals surface area contributed by atoms with E-state index in [-0.39, 0.29) is 17.0 Å².